The first kappa shape index (κ1) is 19.8. The van der Waals surface area contributed by atoms with E-state index in [0.29, 0.717) is 35.0 Å². The summed E-state index contributed by atoms with van der Waals surface area (Å²) >= 11 is 0. The van der Waals surface area contributed by atoms with E-state index in [1.807, 2.05) is 16.4 Å². The molecule has 1 atom stereocenters. The van der Waals surface area contributed by atoms with Gasteiger partial charge >= 0.3 is 0 Å². The molecule has 1 aliphatic heterocycles. The molecule has 1 saturated heterocycles. The van der Waals surface area contributed by atoms with Gasteiger partial charge in [-0.25, -0.2) is 8.78 Å². The van der Waals surface area contributed by atoms with Crippen LogP contribution in [0.4, 0.5) is 8.78 Å². The van der Waals surface area contributed by atoms with Gasteiger partial charge in [-0.3, -0.25) is 4.79 Å². The lowest BCUT2D eigenvalue weighted by molar-refractivity contribution is -0.131. The van der Waals surface area contributed by atoms with Crippen molar-refractivity contribution in [1.82, 2.24) is 19.7 Å². The van der Waals surface area contributed by atoms with Crippen LogP contribution < -0.4 is 0 Å². The highest BCUT2D eigenvalue weighted by Crippen LogP contribution is 2.34. The molecule has 1 saturated carbocycles. The topological polar surface area (TPSA) is 51.0 Å². The number of aryl methyl sites for hydroxylation is 1. The Balaban J connectivity index is 1.35. The van der Waals surface area contributed by atoms with Gasteiger partial charge in [0.25, 0.3) is 0 Å². The zero-order valence-electron chi connectivity index (χ0n) is 17.4. The number of likely N-dealkylation sites (tertiary alicyclic amines) is 1. The molecule has 0 spiro atoms. The summed E-state index contributed by atoms with van der Waals surface area (Å²) < 4.78 is 31.2. The van der Waals surface area contributed by atoms with Gasteiger partial charge in [-0.2, -0.15) is 0 Å². The molecule has 0 bridgehead atoms. The number of rotatable bonds is 5. The first-order chi connectivity index (χ1) is 15.0. The number of amides is 1. The summed E-state index contributed by atoms with van der Waals surface area (Å²) in [6.45, 7) is 3.95. The fourth-order valence-electron chi connectivity index (χ4n) is 4.36. The van der Waals surface area contributed by atoms with Crippen LogP contribution in [0.5, 0.6) is 0 Å². The normalized spacial score (nSPS) is 18.5. The maximum absolute atomic E-state index is 15.0. The number of carbonyl (C=O) groups excluding carboxylic acids is 1. The summed E-state index contributed by atoms with van der Waals surface area (Å²) in [6, 6.07) is 9.58. The smallest absolute Gasteiger partial charge is 0.225 e. The molecule has 7 heteroatoms. The Labute approximate surface area is 179 Å². The molecule has 2 aliphatic rings. The summed E-state index contributed by atoms with van der Waals surface area (Å²) in [7, 11) is 0. The van der Waals surface area contributed by atoms with E-state index in [9.17, 15) is 9.18 Å². The molecule has 1 aliphatic carbocycles. The first-order valence-electron chi connectivity index (χ1n) is 10.7. The third kappa shape index (κ3) is 3.96. The molecular formula is C24H24F2N4O. The minimum atomic E-state index is -0.469. The summed E-state index contributed by atoms with van der Waals surface area (Å²) in [5, 5.41) is 8.12. The Kier molecular flexibility index (Phi) is 5.04. The van der Waals surface area contributed by atoms with Crippen LogP contribution in [0, 0.1) is 30.4 Å². The van der Waals surface area contributed by atoms with Crippen LogP contribution in [-0.4, -0.2) is 38.7 Å². The van der Waals surface area contributed by atoms with Gasteiger partial charge in [0.05, 0.1) is 5.56 Å². The lowest BCUT2D eigenvalue weighted by atomic mass is 10.0. The fraction of sp³-hybridized carbons (Fsp3) is 0.375. The number of nitrogens with zero attached hydrogens (tertiary/aromatic N) is 4. The zero-order chi connectivity index (χ0) is 21.5. The molecule has 1 amide bonds. The second kappa shape index (κ2) is 7.87. The molecule has 160 valence electrons. The first-order valence-corrected chi connectivity index (χ1v) is 10.7. The van der Waals surface area contributed by atoms with E-state index in [0.717, 1.165) is 37.9 Å². The average molecular weight is 422 g/mol. The Hall–Kier alpha value is -3.09. The summed E-state index contributed by atoms with van der Waals surface area (Å²) in [6.07, 6.45) is 4.55. The van der Waals surface area contributed by atoms with Gasteiger partial charge in [-0.1, -0.05) is 18.2 Å². The molecule has 1 aromatic heterocycles. The van der Waals surface area contributed by atoms with E-state index in [1.165, 1.54) is 12.1 Å². The van der Waals surface area contributed by atoms with E-state index in [-0.39, 0.29) is 17.6 Å². The molecular weight excluding hydrogens is 398 g/mol. The molecule has 2 heterocycles. The quantitative estimate of drug-likeness (QED) is 0.610. The van der Waals surface area contributed by atoms with Gasteiger partial charge < -0.3 is 9.47 Å². The molecule has 5 nitrogen and oxygen atoms in total. The zero-order valence-corrected chi connectivity index (χ0v) is 17.4. The SMILES string of the molecule is Cc1ccc(-c2ccc(-c3nncn3C[C@H]3CCN(C(=O)C4CC4)C3)c(F)c2)c(F)c1. The maximum atomic E-state index is 15.0. The Morgan fingerprint density at radius 2 is 1.84 bits per heavy atom. The van der Waals surface area contributed by atoms with Crippen LogP contribution in [0.1, 0.15) is 24.8 Å². The molecule has 0 unspecified atom stereocenters. The maximum Gasteiger partial charge on any atom is 0.225 e. The third-order valence-electron chi connectivity index (χ3n) is 6.24. The van der Waals surface area contributed by atoms with Crippen molar-refractivity contribution in [3.05, 3.63) is 59.9 Å². The third-order valence-corrected chi connectivity index (χ3v) is 6.24. The van der Waals surface area contributed by atoms with Crippen molar-refractivity contribution < 1.29 is 13.6 Å². The van der Waals surface area contributed by atoms with Crippen molar-refractivity contribution in [2.75, 3.05) is 13.1 Å². The number of benzene rings is 2. The Morgan fingerprint density at radius 1 is 1.06 bits per heavy atom. The van der Waals surface area contributed by atoms with Crippen molar-refractivity contribution in [2.24, 2.45) is 11.8 Å². The van der Waals surface area contributed by atoms with Crippen molar-refractivity contribution >= 4 is 5.91 Å². The van der Waals surface area contributed by atoms with Crippen molar-refractivity contribution in [3.8, 4) is 22.5 Å². The minimum Gasteiger partial charge on any atom is -0.342 e. The molecule has 5 rings (SSSR count). The number of hydrogen-bond donors (Lipinski definition) is 0. The number of carbonyl (C=O) groups is 1. The molecule has 0 radical (unpaired) electrons. The standard InChI is InChI=1S/C24H24F2N4O/c1-15-2-6-19(21(25)10-15)18-5-7-20(22(26)11-18)23-28-27-14-30(23)13-16-8-9-29(12-16)24(31)17-3-4-17/h2,5-7,10-11,14,16-17H,3-4,8-9,12-13H2,1H3/t16-/m0/s1. The average Bonchev–Trinajstić information content (AvgIpc) is 3.32. The van der Waals surface area contributed by atoms with Gasteiger partial charge in [0, 0.05) is 31.1 Å². The van der Waals surface area contributed by atoms with E-state index < -0.39 is 5.82 Å². The number of aromatic nitrogens is 3. The van der Waals surface area contributed by atoms with Gasteiger partial charge in [0.1, 0.15) is 18.0 Å². The molecule has 31 heavy (non-hydrogen) atoms. The molecule has 2 fully saturated rings. The van der Waals surface area contributed by atoms with Gasteiger partial charge in [0.2, 0.25) is 5.91 Å². The summed E-state index contributed by atoms with van der Waals surface area (Å²) in [5.74, 6) is 0.402. The number of hydrogen-bond acceptors (Lipinski definition) is 3. The number of halogens is 2. The van der Waals surface area contributed by atoms with Crippen LogP contribution in [0.15, 0.2) is 42.7 Å². The van der Waals surface area contributed by atoms with E-state index >= 15 is 4.39 Å². The summed E-state index contributed by atoms with van der Waals surface area (Å²) in [5.41, 5.74) is 1.99. The molecule has 0 N–H and O–H groups in total. The van der Waals surface area contributed by atoms with Crippen LogP contribution in [0.3, 0.4) is 0 Å². The van der Waals surface area contributed by atoms with E-state index in [4.69, 9.17) is 0 Å². The second-order valence-corrected chi connectivity index (χ2v) is 8.70. The monoisotopic (exact) mass is 422 g/mol. The highest BCUT2D eigenvalue weighted by atomic mass is 19.1. The molecule has 3 aromatic rings. The van der Waals surface area contributed by atoms with Gasteiger partial charge in [0.15, 0.2) is 5.82 Å². The minimum absolute atomic E-state index is 0.232. The van der Waals surface area contributed by atoms with Gasteiger partial charge in [-0.15, -0.1) is 10.2 Å². The summed E-state index contributed by atoms with van der Waals surface area (Å²) in [4.78, 5) is 14.3. The Morgan fingerprint density at radius 3 is 2.58 bits per heavy atom. The highest BCUT2D eigenvalue weighted by Gasteiger charge is 2.36. The van der Waals surface area contributed by atoms with Gasteiger partial charge in [-0.05, 0) is 61.4 Å². The lowest BCUT2D eigenvalue weighted by Gasteiger charge is -2.17. The lowest BCUT2D eigenvalue weighted by Crippen LogP contribution is -2.30. The second-order valence-electron chi connectivity index (χ2n) is 8.70. The van der Waals surface area contributed by atoms with Crippen molar-refractivity contribution in [2.45, 2.75) is 32.7 Å². The highest BCUT2D eigenvalue weighted by molar-refractivity contribution is 5.81. The van der Waals surface area contributed by atoms with Crippen molar-refractivity contribution in [1.29, 1.82) is 0 Å². The predicted molar refractivity (Wildman–Crippen MR) is 113 cm³/mol. The predicted octanol–water partition coefficient (Wildman–Crippen LogP) is 4.46. The largest absolute Gasteiger partial charge is 0.342 e. The van der Waals surface area contributed by atoms with Crippen LogP contribution in [0.25, 0.3) is 22.5 Å². The van der Waals surface area contributed by atoms with Crippen LogP contribution >= 0.6 is 0 Å². The Bertz CT molecular complexity index is 1140. The van der Waals surface area contributed by atoms with E-state index in [2.05, 4.69) is 10.2 Å². The fourth-order valence-corrected chi connectivity index (χ4v) is 4.36. The molecule has 2 aromatic carbocycles. The van der Waals surface area contributed by atoms with Crippen LogP contribution in [0.2, 0.25) is 0 Å². The van der Waals surface area contributed by atoms with Crippen LogP contribution in [-0.2, 0) is 11.3 Å². The van der Waals surface area contributed by atoms with E-state index in [1.54, 1.807) is 30.6 Å². The van der Waals surface area contributed by atoms with Crippen molar-refractivity contribution in [3.63, 3.8) is 0 Å².